The smallest absolute Gasteiger partial charge is 0.243 e. The molecule has 2 aromatic carbocycles. The highest BCUT2D eigenvalue weighted by Crippen LogP contribution is 2.17. The van der Waals surface area contributed by atoms with Gasteiger partial charge in [0.15, 0.2) is 0 Å². The minimum atomic E-state index is -3.74. The van der Waals surface area contributed by atoms with Gasteiger partial charge in [0.05, 0.1) is 11.4 Å². The van der Waals surface area contributed by atoms with E-state index in [1.807, 2.05) is 0 Å². The molecule has 1 N–H and O–H groups in total. The number of carbonyl (C=O) groups excluding carboxylic acids is 1. The van der Waals surface area contributed by atoms with Gasteiger partial charge in [0.2, 0.25) is 15.9 Å². The average molecular weight is 429 g/mol. The zero-order chi connectivity index (χ0) is 18.6. The number of aryl methyl sites for hydroxylation is 1. The van der Waals surface area contributed by atoms with Crippen LogP contribution in [0.1, 0.15) is 11.1 Å². The molecule has 0 aliphatic carbocycles. The number of hydrogen-bond acceptors (Lipinski definition) is 3. The van der Waals surface area contributed by atoms with Crippen molar-refractivity contribution >= 4 is 31.9 Å². The van der Waals surface area contributed by atoms with Gasteiger partial charge >= 0.3 is 0 Å². The Labute approximate surface area is 155 Å². The first kappa shape index (κ1) is 19.6. The molecule has 0 saturated heterocycles. The van der Waals surface area contributed by atoms with E-state index in [1.165, 1.54) is 25.2 Å². The van der Waals surface area contributed by atoms with Gasteiger partial charge in [0.25, 0.3) is 0 Å². The second kappa shape index (κ2) is 8.07. The zero-order valence-electron chi connectivity index (χ0n) is 13.8. The summed E-state index contributed by atoms with van der Waals surface area (Å²) in [7, 11) is -2.40. The second-order valence-corrected chi connectivity index (χ2v) is 8.54. The Bertz CT molecular complexity index is 870. The van der Waals surface area contributed by atoms with Crippen molar-refractivity contribution in [3.05, 3.63) is 63.9 Å². The molecule has 5 nitrogen and oxygen atoms in total. The minimum absolute atomic E-state index is 0.111. The highest BCUT2D eigenvalue weighted by atomic mass is 79.9. The number of amides is 1. The lowest BCUT2D eigenvalue weighted by molar-refractivity contribution is -0.121. The predicted octanol–water partition coefficient (Wildman–Crippen LogP) is 2.83. The van der Waals surface area contributed by atoms with E-state index in [4.69, 9.17) is 0 Å². The van der Waals surface area contributed by atoms with Crippen LogP contribution in [-0.4, -0.2) is 32.2 Å². The number of rotatable bonds is 6. The number of sulfonamides is 1. The van der Waals surface area contributed by atoms with E-state index in [0.717, 1.165) is 14.3 Å². The van der Waals surface area contributed by atoms with Gasteiger partial charge in [-0.05, 0) is 48.4 Å². The molecular formula is C17H18BrFN2O3S. The molecule has 0 radical (unpaired) electrons. The number of halogens is 2. The van der Waals surface area contributed by atoms with Gasteiger partial charge in [-0.2, -0.15) is 4.31 Å². The summed E-state index contributed by atoms with van der Waals surface area (Å²) in [6.07, 6.45) is 0. The molecule has 25 heavy (non-hydrogen) atoms. The topological polar surface area (TPSA) is 66.5 Å². The van der Waals surface area contributed by atoms with Crippen molar-refractivity contribution in [1.29, 1.82) is 0 Å². The van der Waals surface area contributed by atoms with Gasteiger partial charge in [-0.1, -0.05) is 28.1 Å². The molecule has 0 saturated carbocycles. The molecule has 134 valence electrons. The van der Waals surface area contributed by atoms with Crippen molar-refractivity contribution in [3.8, 4) is 0 Å². The van der Waals surface area contributed by atoms with Crippen LogP contribution in [0.4, 0.5) is 4.39 Å². The van der Waals surface area contributed by atoms with Crippen LogP contribution >= 0.6 is 15.9 Å². The van der Waals surface area contributed by atoms with Crippen LogP contribution in [0.3, 0.4) is 0 Å². The monoisotopic (exact) mass is 428 g/mol. The molecule has 2 aromatic rings. The molecule has 0 fully saturated rings. The van der Waals surface area contributed by atoms with E-state index in [-0.39, 0.29) is 23.8 Å². The molecule has 0 bridgehead atoms. The molecule has 1 amide bonds. The Morgan fingerprint density at radius 1 is 1.20 bits per heavy atom. The summed E-state index contributed by atoms with van der Waals surface area (Å²) >= 11 is 3.25. The number of likely N-dealkylation sites (N-methyl/N-ethyl adjacent to an activating group) is 1. The van der Waals surface area contributed by atoms with Crippen molar-refractivity contribution < 1.29 is 17.6 Å². The summed E-state index contributed by atoms with van der Waals surface area (Å²) in [5, 5.41) is 2.63. The third-order valence-corrected chi connectivity index (χ3v) is 5.95. The van der Waals surface area contributed by atoms with Crippen molar-refractivity contribution in [1.82, 2.24) is 9.62 Å². The third kappa shape index (κ3) is 5.10. The summed E-state index contributed by atoms with van der Waals surface area (Å²) in [4.78, 5) is 12.1. The fourth-order valence-electron chi connectivity index (χ4n) is 2.15. The first-order valence-corrected chi connectivity index (χ1v) is 9.67. The van der Waals surface area contributed by atoms with E-state index in [2.05, 4.69) is 21.2 Å². The van der Waals surface area contributed by atoms with Gasteiger partial charge in [-0.15, -0.1) is 0 Å². The van der Waals surface area contributed by atoms with E-state index in [9.17, 15) is 17.6 Å². The molecular weight excluding hydrogens is 411 g/mol. The summed E-state index contributed by atoms with van der Waals surface area (Å²) in [6.45, 7) is 1.53. The number of nitrogens with zero attached hydrogens (tertiary/aromatic N) is 1. The Hall–Kier alpha value is -1.77. The Balaban J connectivity index is 1.97. The highest BCUT2D eigenvalue weighted by molar-refractivity contribution is 9.10. The van der Waals surface area contributed by atoms with E-state index < -0.39 is 15.9 Å². The van der Waals surface area contributed by atoms with E-state index >= 15 is 0 Å². The SMILES string of the molecule is Cc1cc(CNC(=O)CN(C)S(=O)(=O)c2ccc(Br)cc2)ccc1F. The number of nitrogens with one attached hydrogen (secondary N) is 1. The summed E-state index contributed by atoms with van der Waals surface area (Å²) in [6, 6.07) is 10.7. The maximum atomic E-state index is 13.2. The lowest BCUT2D eigenvalue weighted by atomic mass is 10.1. The summed E-state index contributed by atoms with van der Waals surface area (Å²) in [5.74, 6) is -0.749. The molecule has 0 aliphatic rings. The number of benzene rings is 2. The first-order valence-electron chi connectivity index (χ1n) is 7.44. The van der Waals surface area contributed by atoms with Crippen LogP contribution in [-0.2, 0) is 21.4 Å². The van der Waals surface area contributed by atoms with Crippen LogP contribution in [0.2, 0.25) is 0 Å². The fourth-order valence-corrected chi connectivity index (χ4v) is 3.54. The lowest BCUT2D eigenvalue weighted by Crippen LogP contribution is -2.38. The third-order valence-electron chi connectivity index (χ3n) is 3.60. The van der Waals surface area contributed by atoms with Crippen molar-refractivity contribution in [2.45, 2.75) is 18.4 Å². The van der Waals surface area contributed by atoms with Crippen LogP contribution in [0, 0.1) is 12.7 Å². The number of hydrogen-bond donors (Lipinski definition) is 1. The van der Waals surface area contributed by atoms with E-state index in [0.29, 0.717) is 5.56 Å². The molecule has 0 unspecified atom stereocenters. The van der Waals surface area contributed by atoms with Crippen LogP contribution in [0.15, 0.2) is 51.8 Å². The normalized spacial score (nSPS) is 11.6. The lowest BCUT2D eigenvalue weighted by Gasteiger charge is -2.17. The van der Waals surface area contributed by atoms with Crippen molar-refractivity contribution in [2.24, 2.45) is 0 Å². The minimum Gasteiger partial charge on any atom is -0.351 e. The first-order chi connectivity index (χ1) is 11.7. The zero-order valence-corrected chi connectivity index (χ0v) is 16.2. The molecule has 0 aromatic heterocycles. The van der Waals surface area contributed by atoms with Crippen molar-refractivity contribution in [3.63, 3.8) is 0 Å². The van der Waals surface area contributed by atoms with Crippen LogP contribution in [0.5, 0.6) is 0 Å². The molecule has 8 heteroatoms. The molecule has 0 heterocycles. The standard InChI is InChI=1S/C17H18BrFN2O3S/c1-12-9-13(3-8-16(12)19)10-20-17(22)11-21(2)25(23,24)15-6-4-14(18)5-7-15/h3-9H,10-11H2,1-2H3,(H,20,22). The van der Waals surface area contributed by atoms with Gasteiger partial charge in [0.1, 0.15) is 5.82 Å². The van der Waals surface area contributed by atoms with Crippen LogP contribution < -0.4 is 5.32 Å². The van der Waals surface area contributed by atoms with E-state index in [1.54, 1.807) is 31.2 Å². The Kier molecular flexibility index (Phi) is 6.31. The molecule has 0 spiro atoms. The highest BCUT2D eigenvalue weighted by Gasteiger charge is 2.22. The maximum absolute atomic E-state index is 13.2. The number of carbonyl (C=O) groups is 1. The van der Waals surface area contributed by atoms with Gasteiger partial charge < -0.3 is 5.32 Å². The Morgan fingerprint density at radius 2 is 1.84 bits per heavy atom. The summed E-state index contributed by atoms with van der Waals surface area (Å²) < 4.78 is 39.8. The van der Waals surface area contributed by atoms with Gasteiger partial charge in [0, 0.05) is 18.1 Å². The second-order valence-electron chi connectivity index (χ2n) is 5.58. The quantitative estimate of drug-likeness (QED) is 0.768. The van der Waals surface area contributed by atoms with Crippen molar-refractivity contribution in [2.75, 3.05) is 13.6 Å². The van der Waals surface area contributed by atoms with Crippen LogP contribution in [0.25, 0.3) is 0 Å². The van der Waals surface area contributed by atoms with Gasteiger partial charge in [-0.25, -0.2) is 12.8 Å². The Morgan fingerprint density at radius 3 is 2.44 bits per heavy atom. The average Bonchev–Trinajstić information content (AvgIpc) is 2.56. The largest absolute Gasteiger partial charge is 0.351 e. The molecule has 2 rings (SSSR count). The summed E-state index contributed by atoms with van der Waals surface area (Å²) in [5.41, 5.74) is 1.23. The maximum Gasteiger partial charge on any atom is 0.243 e. The fraction of sp³-hybridized carbons (Fsp3) is 0.235. The molecule has 0 aliphatic heterocycles. The van der Waals surface area contributed by atoms with Gasteiger partial charge in [-0.3, -0.25) is 4.79 Å². The molecule has 0 atom stereocenters. The predicted molar refractivity (Wildman–Crippen MR) is 96.9 cm³/mol.